The molecule has 2 rings (SSSR count). The average molecular weight is 203 g/mol. The molecule has 58 valence electrons. The average Bonchev–Trinajstić information content (AvgIpc) is 2.69. The Morgan fingerprint density at radius 3 is 2.10 bits per heavy atom. The van der Waals surface area contributed by atoms with Crippen LogP contribution in [0.5, 0.6) is 0 Å². The first kappa shape index (κ1) is 7.15. The molecule has 0 aromatic carbocycles. The zero-order chi connectivity index (χ0) is 6.97. The smallest absolute Gasteiger partial charge is 0.0180 e. The Bertz CT molecular complexity index is 116. The lowest BCUT2D eigenvalue weighted by molar-refractivity contribution is 0.324. The maximum atomic E-state index is 3.68. The Balaban J connectivity index is 1.81. The topological polar surface area (TPSA) is 0 Å². The van der Waals surface area contributed by atoms with Gasteiger partial charge in [-0.3, -0.25) is 0 Å². The van der Waals surface area contributed by atoms with Crippen LogP contribution in [0.2, 0.25) is 0 Å². The number of alkyl halides is 1. The van der Waals surface area contributed by atoms with Crippen LogP contribution in [-0.4, -0.2) is 4.83 Å². The summed E-state index contributed by atoms with van der Waals surface area (Å²) in [4.78, 5) is 0.899. The molecular formula is C9H15Br. The fourth-order valence-corrected chi connectivity index (χ4v) is 3.09. The highest BCUT2D eigenvalue weighted by atomic mass is 79.9. The molecule has 0 heterocycles. The first-order valence-corrected chi connectivity index (χ1v) is 5.43. The molecule has 0 amide bonds. The quantitative estimate of drug-likeness (QED) is 0.573. The van der Waals surface area contributed by atoms with E-state index < -0.39 is 0 Å². The van der Waals surface area contributed by atoms with Crippen molar-refractivity contribution < 1.29 is 0 Å². The van der Waals surface area contributed by atoms with Crippen LogP contribution in [0, 0.1) is 11.8 Å². The van der Waals surface area contributed by atoms with Crippen molar-refractivity contribution in [2.45, 2.75) is 43.4 Å². The fraction of sp³-hybridized carbons (Fsp3) is 1.00. The molecule has 0 aliphatic heterocycles. The second-order valence-electron chi connectivity index (χ2n) is 3.81. The molecule has 2 saturated carbocycles. The molecule has 1 heteroatoms. The molecule has 0 aromatic heterocycles. The van der Waals surface area contributed by atoms with Crippen molar-refractivity contribution in [1.29, 1.82) is 0 Å². The van der Waals surface area contributed by atoms with Crippen LogP contribution >= 0.6 is 15.9 Å². The minimum atomic E-state index is 0.899. The lowest BCUT2D eigenvalue weighted by Crippen LogP contribution is -2.09. The second-order valence-corrected chi connectivity index (χ2v) is 4.99. The molecule has 2 fully saturated rings. The van der Waals surface area contributed by atoms with E-state index in [1.165, 1.54) is 38.5 Å². The molecule has 0 N–H and O–H groups in total. The summed E-state index contributed by atoms with van der Waals surface area (Å²) in [7, 11) is 0. The molecule has 0 radical (unpaired) electrons. The molecule has 0 spiro atoms. The van der Waals surface area contributed by atoms with Crippen LogP contribution in [0.15, 0.2) is 0 Å². The van der Waals surface area contributed by atoms with Crippen molar-refractivity contribution in [2.75, 3.05) is 0 Å². The normalized spacial score (nSPS) is 41.7. The Hall–Kier alpha value is 0.480. The van der Waals surface area contributed by atoms with E-state index in [0.717, 1.165) is 16.7 Å². The zero-order valence-electron chi connectivity index (χ0n) is 6.35. The third-order valence-electron chi connectivity index (χ3n) is 3.01. The van der Waals surface area contributed by atoms with Gasteiger partial charge in [-0.05, 0) is 18.3 Å². The van der Waals surface area contributed by atoms with Crippen LogP contribution in [0.25, 0.3) is 0 Å². The van der Waals surface area contributed by atoms with E-state index in [0.29, 0.717) is 0 Å². The standard InChI is InChI=1S/C9H15Br/c10-9-6-8(9)7-4-2-1-3-5-7/h7-9H,1-6H2/t8-,9+/m0/s1. The first-order chi connectivity index (χ1) is 4.88. The molecule has 0 aromatic rings. The van der Waals surface area contributed by atoms with Gasteiger partial charge in [0.15, 0.2) is 0 Å². The summed E-state index contributed by atoms with van der Waals surface area (Å²) in [5, 5.41) is 0. The Morgan fingerprint density at radius 2 is 1.60 bits per heavy atom. The summed E-state index contributed by atoms with van der Waals surface area (Å²) in [6, 6.07) is 0. The third kappa shape index (κ3) is 1.39. The van der Waals surface area contributed by atoms with E-state index in [9.17, 15) is 0 Å². The monoisotopic (exact) mass is 202 g/mol. The lowest BCUT2D eigenvalue weighted by Gasteiger charge is -2.20. The fourth-order valence-electron chi connectivity index (χ4n) is 2.23. The van der Waals surface area contributed by atoms with Crippen molar-refractivity contribution in [3.05, 3.63) is 0 Å². The van der Waals surface area contributed by atoms with Gasteiger partial charge < -0.3 is 0 Å². The van der Waals surface area contributed by atoms with Crippen LogP contribution in [0.1, 0.15) is 38.5 Å². The number of halogens is 1. The summed E-state index contributed by atoms with van der Waals surface area (Å²) in [6.45, 7) is 0. The lowest BCUT2D eigenvalue weighted by atomic mass is 9.86. The van der Waals surface area contributed by atoms with E-state index in [4.69, 9.17) is 0 Å². The highest BCUT2D eigenvalue weighted by molar-refractivity contribution is 9.09. The minimum Gasteiger partial charge on any atom is -0.0887 e. The molecular weight excluding hydrogens is 188 g/mol. The van der Waals surface area contributed by atoms with Crippen molar-refractivity contribution in [3.8, 4) is 0 Å². The van der Waals surface area contributed by atoms with Gasteiger partial charge in [-0.2, -0.15) is 0 Å². The Labute approximate surface area is 71.5 Å². The number of rotatable bonds is 1. The van der Waals surface area contributed by atoms with Gasteiger partial charge >= 0.3 is 0 Å². The van der Waals surface area contributed by atoms with Crippen molar-refractivity contribution in [1.82, 2.24) is 0 Å². The summed E-state index contributed by atoms with van der Waals surface area (Å²) in [5.41, 5.74) is 0. The van der Waals surface area contributed by atoms with Crippen LogP contribution in [-0.2, 0) is 0 Å². The Kier molecular flexibility index (Phi) is 2.03. The van der Waals surface area contributed by atoms with E-state index in [1.807, 2.05) is 0 Å². The van der Waals surface area contributed by atoms with Crippen molar-refractivity contribution in [2.24, 2.45) is 11.8 Å². The van der Waals surface area contributed by atoms with Gasteiger partial charge in [0.1, 0.15) is 0 Å². The molecule has 0 bridgehead atoms. The molecule has 10 heavy (non-hydrogen) atoms. The Morgan fingerprint density at radius 1 is 1.00 bits per heavy atom. The summed E-state index contributed by atoms with van der Waals surface area (Å²) in [5.74, 6) is 2.17. The van der Waals surface area contributed by atoms with Gasteiger partial charge in [0.05, 0.1) is 0 Å². The maximum Gasteiger partial charge on any atom is 0.0180 e. The molecule has 2 atom stereocenters. The predicted octanol–water partition coefficient (Wildman–Crippen LogP) is 3.35. The van der Waals surface area contributed by atoms with Gasteiger partial charge in [-0.25, -0.2) is 0 Å². The van der Waals surface area contributed by atoms with E-state index in [1.54, 1.807) is 0 Å². The highest BCUT2D eigenvalue weighted by Crippen LogP contribution is 2.48. The van der Waals surface area contributed by atoms with Crippen molar-refractivity contribution >= 4 is 15.9 Å². The molecule has 2 aliphatic carbocycles. The summed E-state index contributed by atoms with van der Waals surface area (Å²) < 4.78 is 0. The van der Waals surface area contributed by atoms with E-state index in [2.05, 4.69) is 15.9 Å². The highest BCUT2D eigenvalue weighted by Gasteiger charge is 2.40. The van der Waals surface area contributed by atoms with Gasteiger partial charge in [-0.1, -0.05) is 48.0 Å². The van der Waals surface area contributed by atoms with Crippen LogP contribution in [0.3, 0.4) is 0 Å². The largest absolute Gasteiger partial charge is 0.0887 e. The number of hydrogen-bond acceptors (Lipinski definition) is 0. The van der Waals surface area contributed by atoms with Gasteiger partial charge in [-0.15, -0.1) is 0 Å². The van der Waals surface area contributed by atoms with Crippen LogP contribution in [0.4, 0.5) is 0 Å². The summed E-state index contributed by atoms with van der Waals surface area (Å²) in [6.07, 6.45) is 9.00. The second kappa shape index (κ2) is 2.84. The minimum absolute atomic E-state index is 0.899. The van der Waals surface area contributed by atoms with Gasteiger partial charge in [0.25, 0.3) is 0 Å². The molecule has 2 aliphatic rings. The molecule has 0 nitrogen and oxygen atoms in total. The number of hydrogen-bond donors (Lipinski definition) is 0. The van der Waals surface area contributed by atoms with Gasteiger partial charge in [0.2, 0.25) is 0 Å². The maximum absolute atomic E-state index is 3.68. The first-order valence-electron chi connectivity index (χ1n) is 4.52. The SMILES string of the molecule is Br[C@@H]1C[C@H]1C1CCCCC1. The van der Waals surface area contributed by atoms with Crippen molar-refractivity contribution in [3.63, 3.8) is 0 Å². The molecule has 0 unspecified atom stereocenters. The third-order valence-corrected chi connectivity index (χ3v) is 4.07. The predicted molar refractivity (Wildman–Crippen MR) is 47.4 cm³/mol. The van der Waals surface area contributed by atoms with Gasteiger partial charge in [0, 0.05) is 4.83 Å². The van der Waals surface area contributed by atoms with Crippen LogP contribution < -0.4 is 0 Å². The summed E-state index contributed by atoms with van der Waals surface area (Å²) >= 11 is 3.68. The zero-order valence-corrected chi connectivity index (χ0v) is 7.94. The molecule has 0 saturated heterocycles. The van der Waals surface area contributed by atoms with E-state index in [-0.39, 0.29) is 0 Å². The van der Waals surface area contributed by atoms with E-state index >= 15 is 0 Å².